The van der Waals surface area contributed by atoms with Crippen molar-refractivity contribution in [3.63, 3.8) is 0 Å². The van der Waals surface area contributed by atoms with Gasteiger partial charge >= 0.3 is 0 Å². The van der Waals surface area contributed by atoms with Gasteiger partial charge in [0.2, 0.25) is 5.91 Å². The largest absolute Gasteiger partial charge is 0.321 e. The van der Waals surface area contributed by atoms with Crippen LogP contribution in [-0.4, -0.2) is 27.7 Å². The van der Waals surface area contributed by atoms with Gasteiger partial charge in [-0.1, -0.05) is 0 Å². The van der Waals surface area contributed by atoms with Gasteiger partial charge in [-0.3, -0.25) is 14.7 Å². The van der Waals surface area contributed by atoms with Crippen molar-refractivity contribution in [2.75, 3.05) is 5.32 Å². The summed E-state index contributed by atoms with van der Waals surface area (Å²) in [5.41, 5.74) is 3.95. The van der Waals surface area contributed by atoms with Crippen molar-refractivity contribution in [1.82, 2.24) is 15.6 Å². The maximum atomic E-state index is 11.8. The number of anilines is 1. The lowest BCUT2D eigenvalue weighted by Crippen LogP contribution is -2.22. The van der Waals surface area contributed by atoms with Crippen LogP contribution < -0.4 is 10.7 Å². The Morgan fingerprint density at radius 1 is 1.39 bits per heavy atom. The van der Waals surface area contributed by atoms with E-state index in [-0.39, 0.29) is 23.9 Å². The minimum atomic E-state index is -0.379. The minimum absolute atomic E-state index is 0.0137. The zero-order valence-electron chi connectivity index (χ0n) is 9.23. The first-order chi connectivity index (χ1) is 8.72. The predicted molar refractivity (Wildman–Crippen MR) is 64.9 cm³/mol. The lowest BCUT2D eigenvalue weighted by atomic mass is 10.2. The van der Waals surface area contributed by atoms with Crippen LogP contribution in [0.25, 0.3) is 10.9 Å². The van der Waals surface area contributed by atoms with E-state index in [4.69, 9.17) is 0 Å². The normalized spacial score (nSPS) is 14.4. The Balaban J connectivity index is 1.79. The van der Waals surface area contributed by atoms with Gasteiger partial charge < -0.3 is 5.32 Å². The lowest BCUT2D eigenvalue weighted by Gasteiger charge is -2.03. The Hall–Kier alpha value is -2.70. The molecule has 7 heteroatoms. The molecule has 0 radical (unpaired) electrons. The Kier molecular flexibility index (Phi) is 2.30. The van der Waals surface area contributed by atoms with Crippen molar-refractivity contribution < 1.29 is 9.59 Å². The highest BCUT2D eigenvalue weighted by molar-refractivity contribution is 6.46. The summed E-state index contributed by atoms with van der Waals surface area (Å²) in [5.74, 6) is -0.651. The van der Waals surface area contributed by atoms with Gasteiger partial charge in [-0.05, 0) is 18.2 Å². The van der Waals surface area contributed by atoms with Crippen LogP contribution in [0.4, 0.5) is 5.69 Å². The average molecular weight is 243 g/mol. The molecule has 0 atom stereocenters. The van der Waals surface area contributed by atoms with Gasteiger partial charge in [-0.2, -0.15) is 10.2 Å². The number of hydrazone groups is 1. The number of aromatic nitrogens is 2. The highest BCUT2D eigenvalue weighted by Gasteiger charge is 2.21. The maximum Gasteiger partial charge on any atom is 0.272 e. The maximum absolute atomic E-state index is 11.8. The van der Waals surface area contributed by atoms with Gasteiger partial charge in [0.05, 0.1) is 18.1 Å². The number of benzene rings is 1. The zero-order chi connectivity index (χ0) is 12.5. The number of carbonyl (C=O) groups excluding carboxylic acids is 2. The number of H-pyrrole nitrogens is 1. The number of carbonyl (C=O) groups is 2. The van der Waals surface area contributed by atoms with Crippen molar-refractivity contribution in [3.8, 4) is 0 Å². The minimum Gasteiger partial charge on any atom is -0.321 e. The molecule has 1 aromatic carbocycles. The van der Waals surface area contributed by atoms with Crippen LogP contribution in [0, 0.1) is 0 Å². The fourth-order valence-electron chi connectivity index (χ4n) is 1.72. The summed E-state index contributed by atoms with van der Waals surface area (Å²) < 4.78 is 0. The quantitative estimate of drug-likeness (QED) is 0.710. The number of fused-ring (bicyclic) bond motifs is 1. The van der Waals surface area contributed by atoms with Gasteiger partial charge in [0.25, 0.3) is 5.91 Å². The molecule has 2 amide bonds. The number of amides is 2. The van der Waals surface area contributed by atoms with Crippen molar-refractivity contribution in [2.45, 2.75) is 6.42 Å². The smallest absolute Gasteiger partial charge is 0.272 e. The van der Waals surface area contributed by atoms with E-state index in [0.29, 0.717) is 5.69 Å². The summed E-state index contributed by atoms with van der Waals surface area (Å²) in [5, 5.41) is 13.9. The van der Waals surface area contributed by atoms with Crippen molar-refractivity contribution in [2.24, 2.45) is 5.10 Å². The highest BCUT2D eigenvalue weighted by Crippen LogP contribution is 2.16. The molecule has 18 heavy (non-hydrogen) atoms. The fourth-order valence-corrected chi connectivity index (χ4v) is 1.72. The topological polar surface area (TPSA) is 99.2 Å². The summed E-state index contributed by atoms with van der Waals surface area (Å²) in [6, 6.07) is 5.36. The summed E-state index contributed by atoms with van der Waals surface area (Å²) in [7, 11) is 0. The Morgan fingerprint density at radius 3 is 3.06 bits per heavy atom. The second-order valence-electron chi connectivity index (χ2n) is 3.90. The van der Waals surface area contributed by atoms with Crippen LogP contribution >= 0.6 is 0 Å². The van der Waals surface area contributed by atoms with E-state index >= 15 is 0 Å². The van der Waals surface area contributed by atoms with Crippen LogP contribution in [0.3, 0.4) is 0 Å². The molecule has 0 fully saturated rings. The van der Waals surface area contributed by atoms with Gasteiger partial charge in [-0.15, -0.1) is 0 Å². The van der Waals surface area contributed by atoms with Gasteiger partial charge in [0.15, 0.2) is 0 Å². The van der Waals surface area contributed by atoms with Crippen molar-refractivity contribution in [3.05, 3.63) is 24.4 Å². The number of hydrogen-bond donors (Lipinski definition) is 3. The summed E-state index contributed by atoms with van der Waals surface area (Å²) >= 11 is 0. The molecule has 2 aromatic rings. The first-order valence-electron chi connectivity index (χ1n) is 5.32. The summed E-state index contributed by atoms with van der Waals surface area (Å²) in [6.07, 6.45) is 1.68. The van der Waals surface area contributed by atoms with Crippen LogP contribution in [0.15, 0.2) is 29.5 Å². The third-order valence-corrected chi connectivity index (χ3v) is 2.60. The summed E-state index contributed by atoms with van der Waals surface area (Å²) in [4.78, 5) is 22.7. The number of hydrogen-bond acceptors (Lipinski definition) is 4. The zero-order valence-corrected chi connectivity index (χ0v) is 9.23. The first kappa shape index (κ1) is 10.5. The van der Waals surface area contributed by atoms with E-state index in [0.717, 1.165) is 10.9 Å². The van der Waals surface area contributed by atoms with E-state index in [1.54, 1.807) is 18.3 Å². The van der Waals surface area contributed by atoms with E-state index in [1.165, 1.54) is 0 Å². The third-order valence-electron chi connectivity index (χ3n) is 2.60. The molecular formula is C11H9N5O2. The average Bonchev–Trinajstić information content (AvgIpc) is 2.96. The van der Waals surface area contributed by atoms with Crippen LogP contribution in [-0.2, 0) is 9.59 Å². The molecule has 0 unspecified atom stereocenters. The predicted octanol–water partition coefficient (Wildman–Crippen LogP) is 0.377. The number of nitrogens with one attached hydrogen (secondary N) is 3. The van der Waals surface area contributed by atoms with E-state index in [2.05, 4.69) is 26.0 Å². The molecule has 0 saturated heterocycles. The molecule has 0 bridgehead atoms. The molecule has 1 aliphatic heterocycles. The standard InChI is InChI=1S/C11H9N5O2/c17-10-4-9(15-16-10)11(18)13-7-1-2-8-6(3-7)5-12-14-8/h1-3,5H,4H2,(H,12,14)(H,13,18)(H,16,17). The molecular weight excluding hydrogens is 234 g/mol. The van der Waals surface area contributed by atoms with Crippen molar-refractivity contribution in [1.29, 1.82) is 0 Å². The summed E-state index contributed by atoms with van der Waals surface area (Å²) in [6.45, 7) is 0. The van der Waals surface area contributed by atoms with Gasteiger partial charge in [-0.25, -0.2) is 5.43 Å². The first-order valence-corrected chi connectivity index (χ1v) is 5.32. The second kappa shape index (κ2) is 3.95. The number of aromatic amines is 1. The van der Waals surface area contributed by atoms with Crippen molar-refractivity contribution >= 4 is 34.1 Å². The van der Waals surface area contributed by atoms with Gasteiger partial charge in [0.1, 0.15) is 5.71 Å². The SMILES string of the molecule is O=C1CC(C(=O)Nc2ccc3[nH]ncc3c2)=NN1. The Labute approximate surface area is 101 Å². The van der Waals surface area contributed by atoms with E-state index in [1.807, 2.05) is 6.07 Å². The number of rotatable bonds is 2. The van der Waals surface area contributed by atoms with Crippen LogP contribution in [0.1, 0.15) is 6.42 Å². The molecule has 0 spiro atoms. The fraction of sp³-hybridized carbons (Fsp3) is 0.0909. The number of nitrogens with zero attached hydrogens (tertiary/aromatic N) is 2. The third kappa shape index (κ3) is 1.81. The van der Waals surface area contributed by atoms with Gasteiger partial charge in [0, 0.05) is 11.1 Å². The molecule has 2 heterocycles. The monoisotopic (exact) mass is 243 g/mol. The molecule has 7 nitrogen and oxygen atoms in total. The molecule has 3 rings (SSSR count). The molecule has 0 saturated carbocycles. The second-order valence-corrected chi connectivity index (χ2v) is 3.90. The van der Waals surface area contributed by atoms with E-state index < -0.39 is 0 Å². The Bertz CT molecular complexity index is 673. The molecule has 90 valence electrons. The highest BCUT2D eigenvalue weighted by atomic mass is 16.2. The molecule has 1 aliphatic rings. The van der Waals surface area contributed by atoms with Crippen LogP contribution in [0.2, 0.25) is 0 Å². The van der Waals surface area contributed by atoms with E-state index in [9.17, 15) is 9.59 Å². The molecule has 0 aliphatic carbocycles. The van der Waals surface area contributed by atoms with Crippen LogP contribution in [0.5, 0.6) is 0 Å². The molecule has 1 aromatic heterocycles. The lowest BCUT2D eigenvalue weighted by molar-refractivity contribution is -0.119. The Morgan fingerprint density at radius 2 is 2.28 bits per heavy atom. The molecule has 3 N–H and O–H groups in total.